The lowest BCUT2D eigenvalue weighted by molar-refractivity contribution is -0.131. The van der Waals surface area contributed by atoms with Crippen LogP contribution in [0.25, 0.3) is 0 Å². The minimum atomic E-state index is -0.694. The second kappa shape index (κ2) is 4.62. The number of amides is 1. The molecule has 1 amide bonds. The van der Waals surface area contributed by atoms with Crippen molar-refractivity contribution in [1.29, 1.82) is 0 Å². The third-order valence-electron chi connectivity index (χ3n) is 6.30. The summed E-state index contributed by atoms with van der Waals surface area (Å²) < 4.78 is 7.61. The van der Waals surface area contributed by atoms with Crippen LogP contribution in [0.15, 0.2) is 24.5 Å². The highest BCUT2D eigenvalue weighted by Crippen LogP contribution is 2.60. The second-order valence-corrected chi connectivity index (χ2v) is 8.09. The van der Waals surface area contributed by atoms with Crippen molar-refractivity contribution in [3.63, 3.8) is 0 Å². The Bertz CT molecular complexity index is 672. The third-order valence-corrected chi connectivity index (χ3v) is 6.30. The molecule has 0 aliphatic heterocycles. The van der Waals surface area contributed by atoms with Gasteiger partial charge in [0.1, 0.15) is 0 Å². The largest absolute Gasteiger partial charge is 0.474 e. The third kappa shape index (κ3) is 2.20. The van der Waals surface area contributed by atoms with E-state index in [1.165, 1.54) is 12.0 Å². The Balaban J connectivity index is 1.42. The number of nitrogens with zero attached hydrogens (tertiary/aromatic N) is 2. The molecule has 5 rings (SSSR count). The number of carbonyl (C=O) groups is 1. The molecule has 0 saturated heterocycles. The fraction of sp³-hybridized carbons (Fsp3) is 0.667. The number of hydrogen-bond acceptors (Lipinski definition) is 3. The van der Waals surface area contributed by atoms with Crippen molar-refractivity contribution in [2.75, 3.05) is 0 Å². The van der Waals surface area contributed by atoms with Gasteiger partial charge in [-0.3, -0.25) is 9.48 Å². The lowest BCUT2D eigenvalue weighted by Crippen LogP contribution is -2.58. The Hall–Kier alpha value is -1.78. The molecule has 4 saturated carbocycles. The van der Waals surface area contributed by atoms with E-state index < -0.39 is 5.60 Å². The topological polar surface area (TPSA) is 56.1 Å². The van der Waals surface area contributed by atoms with Crippen molar-refractivity contribution >= 4 is 5.91 Å². The number of rotatable bonds is 4. The van der Waals surface area contributed by atoms with Gasteiger partial charge in [0.25, 0.3) is 5.91 Å². The van der Waals surface area contributed by atoms with Crippen molar-refractivity contribution in [3.8, 4) is 5.75 Å². The van der Waals surface area contributed by atoms with Crippen LogP contribution in [-0.2, 0) is 11.8 Å². The summed E-state index contributed by atoms with van der Waals surface area (Å²) in [6.07, 6.45) is 7.23. The summed E-state index contributed by atoms with van der Waals surface area (Å²) in [5.41, 5.74) is 0.852. The molecule has 124 valence electrons. The van der Waals surface area contributed by atoms with Gasteiger partial charge in [-0.1, -0.05) is 26.0 Å². The Morgan fingerprint density at radius 1 is 1.43 bits per heavy atom. The van der Waals surface area contributed by atoms with Crippen LogP contribution in [0.1, 0.15) is 39.5 Å². The average molecular weight is 315 g/mol. The standard InChI is InChI=1S/C18H25N3O2/c1-11-14-7-12(17(14,2)3)8-15(11)20-16(22)18(5-6-18)23-13-9-19-21(4)10-13/h9-10,12,14-15H,1,5-8H2,2-4H3,(H,20,22)/t12-,14+,15?/m1/s1. The summed E-state index contributed by atoms with van der Waals surface area (Å²) in [6.45, 7) is 8.93. The van der Waals surface area contributed by atoms with E-state index in [0.29, 0.717) is 23.0 Å². The van der Waals surface area contributed by atoms with E-state index in [1.807, 2.05) is 7.05 Å². The Labute approximate surface area is 137 Å². The predicted molar refractivity (Wildman–Crippen MR) is 86.9 cm³/mol. The molecule has 1 aromatic rings. The molecule has 0 spiro atoms. The van der Waals surface area contributed by atoms with Gasteiger partial charge >= 0.3 is 0 Å². The minimum absolute atomic E-state index is 0.00612. The van der Waals surface area contributed by atoms with Crippen LogP contribution < -0.4 is 10.1 Å². The first-order valence-corrected chi connectivity index (χ1v) is 8.49. The van der Waals surface area contributed by atoms with Crippen molar-refractivity contribution in [2.45, 2.75) is 51.2 Å². The van der Waals surface area contributed by atoms with Crippen LogP contribution in [0.4, 0.5) is 0 Å². The molecule has 5 heteroatoms. The molecule has 23 heavy (non-hydrogen) atoms. The Morgan fingerprint density at radius 2 is 2.17 bits per heavy atom. The fourth-order valence-electron chi connectivity index (χ4n) is 4.33. The van der Waals surface area contributed by atoms with E-state index >= 15 is 0 Å². The van der Waals surface area contributed by atoms with Crippen LogP contribution in [0.5, 0.6) is 5.75 Å². The lowest BCUT2D eigenvalue weighted by Gasteiger charge is -2.60. The first kappa shape index (κ1) is 14.8. The molecule has 1 heterocycles. The summed E-state index contributed by atoms with van der Waals surface area (Å²) in [4.78, 5) is 12.7. The van der Waals surface area contributed by atoms with Gasteiger partial charge in [0.15, 0.2) is 11.4 Å². The summed E-state index contributed by atoms with van der Waals surface area (Å²) in [5, 5.41) is 7.30. The van der Waals surface area contributed by atoms with Gasteiger partial charge in [0.05, 0.1) is 18.4 Å². The lowest BCUT2D eigenvalue weighted by atomic mass is 9.46. The van der Waals surface area contributed by atoms with E-state index in [0.717, 1.165) is 19.3 Å². The van der Waals surface area contributed by atoms with E-state index in [1.54, 1.807) is 17.1 Å². The number of hydrogen-bond donors (Lipinski definition) is 1. The zero-order chi connectivity index (χ0) is 16.4. The molecule has 1 unspecified atom stereocenters. The molecule has 5 nitrogen and oxygen atoms in total. The number of ether oxygens (including phenoxy) is 1. The average Bonchev–Trinajstić information content (AvgIpc) is 3.16. The predicted octanol–water partition coefficient (Wildman–Crippen LogP) is 2.44. The molecule has 4 fully saturated rings. The quantitative estimate of drug-likeness (QED) is 0.868. The Morgan fingerprint density at radius 3 is 2.70 bits per heavy atom. The zero-order valence-electron chi connectivity index (χ0n) is 14.1. The van der Waals surface area contributed by atoms with Crippen LogP contribution in [0, 0.1) is 17.3 Å². The SMILES string of the molecule is C=C1C(NC(=O)C2(Oc3cnn(C)c3)CC2)C[C@H]2C[C@@H]1C2(C)C. The summed E-state index contributed by atoms with van der Waals surface area (Å²) in [5.74, 6) is 1.90. The molecule has 1 N–H and O–H groups in total. The van der Waals surface area contributed by atoms with Crippen LogP contribution >= 0.6 is 0 Å². The number of aromatic nitrogens is 2. The number of aryl methyl sites for hydroxylation is 1. The second-order valence-electron chi connectivity index (χ2n) is 8.09. The fourth-order valence-corrected chi connectivity index (χ4v) is 4.33. The summed E-state index contributed by atoms with van der Waals surface area (Å²) in [7, 11) is 1.84. The maximum absolute atomic E-state index is 12.7. The number of fused-ring (bicyclic) bond motifs is 2. The van der Waals surface area contributed by atoms with E-state index in [4.69, 9.17) is 4.74 Å². The minimum Gasteiger partial charge on any atom is -0.474 e. The zero-order valence-corrected chi connectivity index (χ0v) is 14.1. The summed E-state index contributed by atoms with van der Waals surface area (Å²) >= 11 is 0. The molecule has 4 aliphatic rings. The van der Waals surface area contributed by atoms with Gasteiger partial charge in [0, 0.05) is 19.9 Å². The molecule has 2 bridgehead atoms. The Kier molecular flexibility index (Phi) is 2.97. The highest BCUT2D eigenvalue weighted by atomic mass is 16.5. The summed E-state index contributed by atoms with van der Waals surface area (Å²) in [6, 6.07) is 0.106. The monoisotopic (exact) mass is 315 g/mol. The van der Waals surface area contributed by atoms with E-state index in [-0.39, 0.29) is 11.9 Å². The maximum Gasteiger partial charge on any atom is 0.264 e. The smallest absolute Gasteiger partial charge is 0.264 e. The molecule has 3 atom stereocenters. The number of nitrogens with one attached hydrogen (secondary N) is 1. The van der Waals surface area contributed by atoms with Gasteiger partial charge in [-0.05, 0) is 30.1 Å². The van der Waals surface area contributed by atoms with Crippen LogP contribution in [0.2, 0.25) is 0 Å². The van der Waals surface area contributed by atoms with Gasteiger partial charge in [-0.2, -0.15) is 5.10 Å². The van der Waals surface area contributed by atoms with Crippen molar-refractivity contribution in [1.82, 2.24) is 15.1 Å². The first-order valence-electron chi connectivity index (χ1n) is 8.49. The van der Waals surface area contributed by atoms with E-state index in [2.05, 4.69) is 30.8 Å². The highest BCUT2D eigenvalue weighted by molar-refractivity contribution is 5.89. The van der Waals surface area contributed by atoms with Crippen molar-refractivity contribution < 1.29 is 9.53 Å². The first-order chi connectivity index (χ1) is 10.8. The molecule has 4 aliphatic carbocycles. The molecule has 1 aromatic heterocycles. The highest BCUT2D eigenvalue weighted by Gasteiger charge is 2.57. The molecule has 0 aromatic carbocycles. The van der Waals surface area contributed by atoms with E-state index in [9.17, 15) is 4.79 Å². The maximum atomic E-state index is 12.7. The van der Waals surface area contributed by atoms with Crippen LogP contribution in [-0.4, -0.2) is 27.3 Å². The molecule has 0 radical (unpaired) electrons. The van der Waals surface area contributed by atoms with Gasteiger partial charge in [-0.25, -0.2) is 0 Å². The molecular formula is C18H25N3O2. The number of carbonyl (C=O) groups excluding carboxylic acids is 1. The van der Waals surface area contributed by atoms with Crippen molar-refractivity contribution in [3.05, 3.63) is 24.5 Å². The van der Waals surface area contributed by atoms with Crippen molar-refractivity contribution in [2.24, 2.45) is 24.3 Å². The molecular weight excluding hydrogens is 290 g/mol. The van der Waals surface area contributed by atoms with Crippen LogP contribution in [0.3, 0.4) is 0 Å². The van der Waals surface area contributed by atoms with Gasteiger partial charge in [-0.15, -0.1) is 0 Å². The normalized spacial score (nSPS) is 32.8. The van der Waals surface area contributed by atoms with Gasteiger partial charge < -0.3 is 10.1 Å². The van der Waals surface area contributed by atoms with Gasteiger partial charge in [0.2, 0.25) is 0 Å².